The fourth-order valence-corrected chi connectivity index (χ4v) is 3.10. The summed E-state index contributed by atoms with van der Waals surface area (Å²) in [5, 5.41) is 20.0. The van der Waals surface area contributed by atoms with E-state index in [4.69, 9.17) is 16.7 Å². The van der Waals surface area contributed by atoms with Crippen molar-refractivity contribution in [2.24, 2.45) is 5.92 Å². The molecule has 1 aromatic carbocycles. The smallest absolute Gasteiger partial charge is 0.356 e. The van der Waals surface area contributed by atoms with Gasteiger partial charge in [-0.1, -0.05) is 23.7 Å². The third-order valence-electron chi connectivity index (χ3n) is 4.38. The largest absolute Gasteiger partial charge is 0.476 e. The first-order valence-corrected chi connectivity index (χ1v) is 8.16. The Morgan fingerprint density at radius 3 is 2.38 bits per heavy atom. The fourth-order valence-electron chi connectivity index (χ4n) is 2.97. The summed E-state index contributed by atoms with van der Waals surface area (Å²) < 4.78 is 0. The topological polar surface area (TPSA) is 86.5 Å². The number of carboxylic acid groups (broad SMARTS) is 1. The second-order valence-corrected chi connectivity index (χ2v) is 6.32. The molecule has 1 fully saturated rings. The van der Waals surface area contributed by atoms with Crippen molar-refractivity contribution >= 4 is 23.4 Å². The average molecular weight is 348 g/mol. The number of aliphatic hydroxyl groups excluding tert-OH is 1. The Morgan fingerprint density at radius 2 is 1.83 bits per heavy atom. The van der Waals surface area contributed by atoms with E-state index >= 15 is 0 Å². The van der Waals surface area contributed by atoms with Crippen molar-refractivity contribution in [3.05, 3.63) is 52.9 Å². The highest BCUT2D eigenvalue weighted by atomic mass is 35.5. The number of benzene rings is 1. The molecule has 0 spiro atoms. The van der Waals surface area contributed by atoms with Crippen LogP contribution in [0.3, 0.4) is 0 Å². The molecule has 2 N–H and O–H groups in total. The Hall–Kier alpha value is -2.18. The minimum Gasteiger partial charge on any atom is -0.476 e. The SMILES string of the molecule is O=C(O)c1cnc(N2CCC(C(O)c3ccc(Cl)cc3)CC2)cn1. The molecule has 2 heterocycles. The van der Waals surface area contributed by atoms with Crippen LogP contribution >= 0.6 is 11.6 Å². The molecule has 0 radical (unpaired) electrons. The van der Waals surface area contributed by atoms with Gasteiger partial charge in [0.05, 0.1) is 18.5 Å². The third-order valence-corrected chi connectivity index (χ3v) is 4.63. The highest BCUT2D eigenvalue weighted by Gasteiger charge is 2.27. The van der Waals surface area contributed by atoms with Crippen LogP contribution in [-0.2, 0) is 0 Å². The quantitative estimate of drug-likeness (QED) is 0.884. The van der Waals surface area contributed by atoms with E-state index in [9.17, 15) is 9.90 Å². The molecule has 6 nitrogen and oxygen atoms in total. The number of anilines is 1. The summed E-state index contributed by atoms with van der Waals surface area (Å²) in [5.41, 5.74) is 0.815. The van der Waals surface area contributed by atoms with Gasteiger partial charge < -0.3 is 15.1 Å². The van der Waals surface area contributed by atoms with Gasteiger partial charge in [0.25, 0.3) is 0 Å². The zero-order chi connectivity index (χ0) is 17.1. The molecule has 0 bridgehead atoms. The summed E-state index contributed by atoms with van der Waals surface area (Å²) in [6, 6.07) is 7.29. The summed E-state index contributed by atoms with van der Waals surface area (Å²) in [6.45, 7) is 1.49. The monoisotopic (exact) mass is 347 g/mol. The lowest BCUT2D eigenvalue weighted by atomic mass is 9.87. The number of piperidine rings is 1. The molecule has 126 valence electrons. The van der Waals surface area contributed by atoms with Gasteiger partial charge in [0.2, 0.25) is 0 Å². The lowest BCUT2D eigenvalue weighted by molar-refractivity contribution is 0.0690. The lowest BCUT2D eigenvalue weighted by Gasteiger charge is -2.34. The van der Waals surface area contributed by atoms with Crippen LogP contribution in [0.4, 0.5) is 5.82 Å². The van der Waals surface area contributed by atoms with Gasteiger partial charge in [0, 0.05) is 18.1 Å². The Balaban J connectivity index is 1.60. The van der Waals surface area contributed by atoms with Gasteiger partial charge in [-0.15, -0.1) is 0 Å². The average Bonchev–Trinajstić information content (AvgIpc) is 2.62. The summed E-state index contributed by atoms with van der Waals surface area (Å²) in [6.07, 6.45) is 3.90. The van der Waals surface area contributed by atoms with Gasteiger partial charge in [-0.05, 0) is 36.5 Å². The number of hydrogen-bond donors (Lipinski definition) is 2. The van der Waals surface area contributed by atoms with Crippen LogP contribution in [0.15, 0.2) is 36.7 Å². The zero-order valence-corrected chi connectivity index (χ0v) is 13.7. The van der Waals surface area contributed by atoms with Crippen LogP contribution in [0.5, 0.6) is 0 Å². The van der Waals surface area contributed by atoms with Crippen LogP contribution < -0.4 is 4.90 Å². The number of rotatable bonds is 4. The number of aliphatic hydroxyl groups is 1. The van der Waals surface area contributed by atoms with E-state index in [2.05, 4.69) is 14.9 Å². The van der Waals surface area contributed by atoms with Crippen molar-refractivity contribution in [1.82, 2.24) is 9.97 Å². The van der Waals surface area contributed by atoms with E-state index in [1.807, 2.05) is 12.1 Å². The number of nitrogens with zero attached hydrogens (tertiary/aromatic N) is 3. The molecule has 1 aliphatic rings. The Kier molecular flexibility index (Phi) is 4.97. The Labute approximate surface area is 144 Å². The molecular formula is C17H18ClN3O3. The second-order valence-electron chi connectivity index (χ2n) is 5.89. The van der Waals surface area contributed by atoms with Crippen molar-refractivity contribution in [3.8, 4) is 0 Å². The predicted octanol–water partition coefficient (Wildman–Crippen LogP) is 2.78. The van der Waals surface area contributed by atoms with Crippen molar-refractivity contribution < 1.29 is 15.0 Å². The third kappa shape index (κ3) is 3.66. The minimum absolute atomic E-state index is 0.0632. The normalized spacial score (nSPS) is 16.8. The number of carboxylic acids is 1. The number of aromatic carboxylic acids is 1. The molecule has 24 heavy (non-hydrogen) atoms. The van der Waals surface area contributed by atoms with Crippen molar-refractivity contribution in [2.45, 2.75) is 18.9 Å². The van der Waals surface area contributed by atoms with E-state index in [1.54, 1.807) is 12.1 Å². The molecule has 1 saturated heterocycles. The Bertz CT molecular complexity index is 698. The van der Waals surface area contributed by atoms with Gasteiger partial charge in [-0.25, -0.2) is 14.8 Å². The molecule has 1 unspecified atom stereocenters. The van der Waals surface area contributed by atoms with Crippen molar-refractivity contribution in [2.75, 3.05) is 18.0 Å². The van der Waals surface area contributed by atoms with Crippen molar-refractivity contribution in [3.63, 3.8) is 0 Å². The molecule has 1 aliphatic heterocycles. The second kappa shape index (κ2) is 7.15. The summed E-state index contributed by atoms with van der Waals surface area (Å²) in [4.78, 5) is 20.9. The van der Waals surface area contributed by atoms with Gasteiger partial charge in [-0.3, -0.25) is 0 Å². The molecular weight excluding hydrogens is 330 g/mol. The van der Waals surface area contributed by atoms with Crippen molar-refractivity contribution in [1.29, 1.82) is 0 Å². The van der Waals surface area contributed by atoms with Crippen LogP contribution in [0.2, 0.25) is 5.02 Å². The molecule has 1 aromatic heterocycles. The van der Waals surface area contributed by atoms with E-state index in [0.29, 0.717) is 10.8 Å². The van der Waals surface area contributed by atoms with Gasteiger partial charge in [-0.2, -0.15) is 0 Å². The summed E-state index contributed by atoms with van der Waals surface area (Å²) in [5.74, 6) is -0.244. The zero-order valence-electron chi connectivity index (χ0n) is 13.0. The van der Waals surface area contributed by atoms with E-state index < -0.39 is 12.1 Å². The number of hydrogen-bond acceptors (Lipinski definition) is 5. The summed E-state index contributed by atoms with van der Waals surface area (Å²) in [7, 11) is 0. The predicted molar refractivity (Wildman–Crippen MR) is 90.3 cm³/mol. The number of halogens is 1. The van der Waals surface area contributed by atoms with Gasteiger partial charge >= 0.3 is 5.97 Å². The van der Waals surface area contributed by atoms with E-state index in [1.165, 1.54) is 12.4 Å². The van der Waals surface area contributed by atoms with E-state index in [0.717, 1.165) is 31.5 Å². The molecule has 0 amide bonds. The number of aromatic nitrogens is 2. The highest BCUT2D eigenvalue weighted by Crippen LogP contribution is 2.32. The maximum atomic E-state index is 10.8. The van der Waals surface area contributed by atoms with E-state index in [-0.39, 0.29) is 11.6 Å². The van der Waals surface area contributed by atoms with Crippen LogP contribution in [0.25, 0.3) is 0 Å². The fraction of sp³-hybridized carbons (Fsp3) is 0.353. The molecule has 3 rings (SSSR count). The molecule has 0 saturated carbocycles. The maximum absolute atomic E-state index is 10.8. The lowest BCUT2D eigenvalue weighted by Crippen LogP contribution is -2.36. The molecule has 0 aliphatic carbocycles. The first-order valence-electron chi connectivity index (χ1n) is 7.78. The van der Waals surface area contributed by atoms with Gasteiger partial charge in [0.1, 0.15) is 5.82 Å². The Morgan fingerprint density at radius 1 is 1.17 bits per heavy atom. The standard InChI is InChI=1S/C17H18ClN3O3/c18-13-3-1-11(2-4-13)16(22)12-5-7-21(8-6-12)15-10-19-14(9-20-15)17(23)24/h1-4,9-10,12,16,22H,5-8H2,(H,23,24). The number of carbonyl (C=O) groups is 1. The van der Waals surface area contributed by atoms with Crippen LogP contribution in [0, 0.1) is 5.92 Å². The molecule has 1 atom stereocenters. The van der Waals surface area contributed by atoms with Crippen LogP contribution in [-0.4, -0.2) is 39.2 Å². The molecule has 7 heteroatoms. The van der Waals surface area contributed by atoms with Gasteiger partial charge in [0.15, 0.2) is 5.69 Å². The first kappa shape index (κ1) is 16.7. The molecule has 2 aromatic rings. The maximum Gasteiger partial charge on any atom is 0.356 e. The summed E-state index contributed by atoms with van der Waals surface area (Å²) >= 11 is 5.88. The highest BCUT2D eigenvalue weighted by molar-refractivity contribution is 6.30. The first-order chi connectivity index (χ1) is 11.5. The van der Waals surface area contributed by atoms with Crippen LogP contribution in [0.1, 0.15) is 35.0 Å². The minimum atomic E-state index is -1.08.